The lowest BCUT2D eigenvalue weighted by Crippen LogP contribution is -2.25. The molecule has 7 heteroatoms. The van der Waals surface area contributed by atoms with Gasteiger partial charge in [-0.2, -0.15) is 0 Å². The number of benzene rings is 1. The van der Waals surface area contributed by atoms with E-state index in [-0.39, 0.29) is 11.8 Å². The highest BCUT2D eigenvalue weighted by molar-refractivity contribution is 6.31. The number of amides is 2. The van der Waals surface area contributed by atoms with Crippen molar-refractivity contribution >= 4 is 23.6 Å². The van der Waals surface area contributed by atoms with Crippen LogP contribution in [-0.2, 0) is 4.79 Å². The molecule has 1 aliphatic heterocycles. The summed E-state index contributed by atoms with van der Waals surface area (Å²) >= 11 is 6.31. The van der Waals surface area contributed by atoms with Crippen LogP contribution in [-0.4, -0.2) is 30.8 Å². The van der Waals surface area contributed by atoms with Gasteiger partial charge in [0.15, 0.2) is 0 Å². The normalized spacial score (nSPS) is 18.7. The lowest BCUT2D eigenvalue weighted by atomic mass is 9.89. The van der Waals surface area contributed by atoms with Crippen LogP contribution in [0.1, 0.15) is 42.0 Å². The fourth-order valence-corrected chi connectivity index (χ4v) is 3.10. The van der Waals surface area contributed by atoms with Crippen LogP contribution in [0.3, 0.4) is 0 Å². The summed E-state index contributed by atoms with van der Waals surface area (Å²) in [6.07, 6.45) is -0.747. The highest BCUT2D eigenvalue weighted by atomic mass is 35.5. The molecule has 0 spiro atoms. The highest BCUT2D eigenvalue weighted by Crippen LogP contribution is 2.41. The van der Waals surface area contributed by atoms with E-state index in [0.29, 0.717) is 29.3 Å². The van der Waals surface area contributed by atoms with Gasteiger partial charge in [-0.05, 0) is 25.5 Å². The lowest BCUT2D eigenvalue weighted by molar-refractivity contribution is -0.119. The van der Waals surface area contributed by atoms with Crippen LogP contribution in [0.5, 0.6) is 5.75 Å². The molecule has 2 amide bonds. The molecular formula is C15H19ClN2O4. The molecule has 1 saturated heterocycles. The van der Waals surface area contributed by atoms with E-state index in [1.807, 2.05) is 6.92 Å². The Morgan fingerprint density at radius 2 is 2.27 bits per heavy atom. The number of halogens is 1. The standard InChI is InChI=1S/C15H19ClN2O4/c1-7-11(16)5-10(8(2)18-15(20)21)14(22-3)13(7)9-4-12(19)17-6-9/h5,8-9,18H,4,6H2,1-3H3,(H,17,19)(H,20,21). The maximum atomic E-state index is 11.5. The lowest BCUT2D eigenvalue weighted by Gasteiger charge is -2.23. The van der Waals surface area contributed by atoms with Crippen LogP contribution in [0, 0.1) is 6.92 Å². The summed E-state index contributed by atoms with van der Waals surface area (Å²) in [5.41, 5.74) is 2.38. The second-order valence-corrected chi connectivity index (χ2v) is 5.80. The van der Waals surface area contributed by atoms with E-state index in [1.54, 1.807) is 13.0 Å². The smallest absolute Gasteiger partial charge is 0.405 e. The summed E-state index contributed by atoms with van der Waals surface area (Å²) in [7, 11) is 1.54. The number of carboxylic acid groups (broad SMARTS) is 1. The molecule has 2 unspecified atom stereocenters. The Balaban J connectivity index is 2.54. The fourth-order valence-electron chi connectivity index (χ4n) is 2.88. The zero-order valence-corrected chi connectivity index (χ0v) is 13.5. The van der Waals surface area contributed by atoms with Crippen molar-refractivity contribution in [3.05, 3.63) is 27.8 Å². The van der Waals surface area contributed by atoms with Gasteiger partial charge in [0.05, 0.1) is 13.2 Å². The topological polar surface area (TPSA) is 87.7 Å². The van der Waals surface area contributed by atoms with Gasteiger partial charge in [-0.1, -0.05) is 11.6 Å². The number of carbonyl (C=O) groups is 2. The Bertz CT molecular complexity index is 618. The second-order valence-electron chi connectivity index (χ2n) is 5.40. The number of hydrogen-bond acceptors (Lipinski definition) is 3. The van der Waals surface area contributed by atoms with Crippen molar-refractivity contribution in [2.75, 3.05) is 13.7 Å². The van der Waals surface area contributed by atoms with Gasteiger partial charge >= 0.3 is 6.09 Å². The molecule has 2 atom stereocenters. The molecule has 1 aliphatic rings. The third kappa shape index (κ3) is 3.11. The first kappa shape index (κ1) is 16.4. The van der Waals surface area contributed by atoms with E-state index >= 15 is 0 Å². The molecule has 1 fully saturated rings. The predicted molar refractivity (Wildman–Crippen MR) is 82.7 cm³/mol. The Morgan fingerprint density at radius 3 is 2.77 bits per heavy atom. The molecule has 120 valence electrons. The number of ether oxygens (including phenoxy) is 1. The predicted octanol–water partition coefficient (Wildman–Crippen LogP) is 2.59. The largest absolute Gasteiger partial charge is 0.496 e. The number of carbonyl (C=O) groups excluding carboxylic acids is 1. The minimum absolute atomic E-state index is 0.00955. The summed E-state index contributed by atoms with van der Waals surface area (Å²) in [6.45, 7) is 4.12. The molecule has 22 heavy (non-hydrogen) atoms. The SMILES string of the molecule is COc1c(C(C)NC(=O)O)cc(Cl)c(C)c1C1CNC(=O)C1. The summed E-state index contributed by atoms with van der Waals surface area (Å²) in [5.74, 6) is 0.547. The van der Waals surface area contributed by atoms with Crippen molar-refractivity contribution in [1.29, 1.82) is 0 Å². The first-order valence-corrected chi connectivity index (χ1v) is 7.36. The van der Waals surface area contributed by atoms with Crippen molar-refractivity contribution in [3.63, 3.8) is 0 Å². The van der Waals surface area contributed by atoms with Crippen molar-refractivity contribution in [1.82, 2.24) is 10.6 Å². The summed E-state index contributed by atoms with van der Waals surface area (Å²) in [5, 5.41) is 14.6. The van der Waals surface area contributed by atoms with E-state index in [1.165, 1.54) is 7.11 Å². The average molecular weight is 327 g/mol. The molecular weight excluding hydrogens is 308 g/mol. The van der Waals surface area contributed by atoms with Crippen LogP contribution in [0.25, 0.3) is 0 Å². The molecule has 1 heterocycles. The van der Waals surface area contributed by atoms with Gasteiger partial charge in [0, 0.05) is 35.0 Å². The number of hydrogen-bond donors (Lipinski definition) is 3. The van der Waals surface area contributed by atoms with E-state index in [0.717, 1.165) is 11.1 Å². The molecule has 0 radical (unpaired) electrons. The molecule has 0 saturated carbocycles. The number of rotatable bonds is 4. The summed E-state index contributed by atoms with van der Waals surface area (Å²) in [4.78, 5) is 22.4. The molecule has 3 N–H and O–H groups in total. The molecule has 0 aliphatic carbocycles. The van der Waals surface area contributed by atoms with Crippen LogP contribution in [0.2, 0.25) is 5.02 Å². The van der Waals surface area contributed by atoms with Gasteiger partial charge in [-0.3, -0.25) is 4.79 Å². The van der Waals surface area contributed by atoms with E-state index in [2.05, 4.69) is 10.6 Å². The Kier molecular flexibility index (Phi) is 4.81. The Hall–Kier alpha value is -1.95. The zero-order chi connectivity index (χ0) is 16.4. The summed E-state index contributed by atoms with van der Waals surface area (Å²) < 4.78 is 5.53. The molecule has 1 aromatic carbocycles. The Labute approximate surface area is 133 Å². The number of nitrogens with one attached hydrogen (secondary N) is 2. The van der Waals surface area contributed by atoms with Gasteiger partial charge in [-0.15, -0.1) is 0 Å². The van der Waals surface area contributed by atoms with Gasteiger partial charge in [0.1, 0.15) is 5.75 Å². The van der Waals surface area contributed by atoms with Crippen LogP contribution >= 0.6 is 11.6 Å². The van der Waals surface area contributed by atoms with E-state index in [4.69, 9.17) is 21.4 Å². The van der Waals surface area contributed by atoms with Crippen molar-refractivity contribution in [2.24, 2.45) is 0 Å². The second kappa shape index (κ2) is 6.44. The summed E-state index contributed by atoms with van der Waals surface area (Å²) in [6, 6.07) is 1.23. The minimum atomic E-state index is -1.12. The minimum Gasteiger partial charge on any atom is -0.496 e. The molecule has 1 aromatic rings. The monoisotopic (exact) mass is 326 g/mol. The van der Waals surface area contributed by atoms with Gasteiger partial charge in [-0.25, -0.2) is 4.79 Å². The van der Waals surface area contributed by atoms with Crippen LogP contribution < -0.4 is 15.4 Å². The van der Waals surface area contributed by atoms with E-state index in [9.17, 15) is 9.59 Å². The van der Waals surface area contributed by atoms with Crippen molar-refractivity contribution < 1.29 is 19.4 Å². The first-order valence-electron chi connectivity index (χ1n) is 6.98. The van der Waals surface area contributed by atoms with Crippen LogP contribution in [0.15, 0.2) is 6.07 Å². The maximum absolute atomic E-state index is 11.5. The number of methoxy groups -OCH3 is 1. The third-order valence-corrected chi connectivity index (χ3v) is 4.34. The molecule has 0 bridgehead atoms. The molecule has 2 rings (SSSR count). The Morgan fingerprint density at radius 1 is 1.59 bits per heavy atom. The quantitative estimate of drug-likeness (QED) is 0.793. The van der Waals surface area contributed by atoms with Crippen molar-refractivity contribution in [2.45, 2.75) is 32.2 Å². The van der Waals surface area contributed by atoms with Crippen LogP contribution in [0.4, 0.5) is 4.79 Å². The first-order chi connectivity index (χ1) is 10.3. The van der Waals surface area contributed by atoms with Gasteiger partial charge in [0.25, 0.3) is 0 Å². The molecule has 6 nitrogen and oxygen atoms in total. The maximum Gasteiger partial charge on any atom is 0.405 e. The molecule has 0 aromatic heterocycles. The fraction of sp³-hybridized carbons (Fsp3) is 0.467. The average Bonchev–Trinajstić information content (AvgIpc) is 2.86. The zero-order valence-electron chi connectivity index (χ0n) is 12.7. The highest BCUT2D eigenvalue weighted by Gasteiger charge is 2.30. The van der Waals surface area contributed by atoms with Gasteiger partial charge < -0.3 is 20.5 Å². The van der Waals surface area contributed by atoms with E-state index < -0.39 is 12.1 Å². The van der Waals surface area contributed by atoms with Crippen molar-refractivity contribution in [3.8, 4) is 5.75 Å². The van der Waals surface area contributed by atoms with Gasteiger partial charge in [0.2, 0.25) is 5.91 Å². The third-order valence-electron chi connectivity index (χ3n) is 3.95.